The number of aryl methyl sites for hydroxylation is 3. The average Bonchev–Trinajstić information content (AvgIpc) is 3.07. The van der Waals surface area contributed by atoms with E-state index >= 15 is 0 Å². The van der Waals surface area contributed by atoms with Crippen LogP contribution in [0.1, 0.15) is 22.3 Å². The summed E-state index contributed by atoms with van der Waals surface area (Å²) in [7, 11) is 0. The van der Waals surface area contributed by atoms with Gasteiger partial charge in [-0.3, -0.25) is 29.4 Å². The Labute approximate surface area is 222 Å². The number of hydrogen-bond donors (Lipinski definition) is 1. The summed E-state index contributed by atoms with van der Waals surface area (Å²) < 4.78 is 0. The highest BCUT2D eigenvalue weighted by Gasteiger charge is 2.36. The predicted octanol–water partition coefficient (Wildman–Crippen LogP) is 6.35. The fraction of sp³-hybridized carbons (Fsp3) is 0.148. The maximum atomic E-state index is 12.9. The highest BCUT2D eigenvalue weighted by molar-refractivity contribution is 8.18. The number of nitrogens with one attached hydrogen (secondary N) is 1. The van der Waals surface area contributed by atoms with Crippen LogP contribution in [0.4, 0.5) is 16.2 Å². The normalized spacial score (nSPS) is 14.4. The second kappa shape index (κ2) is 11.0. The summed E-state index contributed by atoms with van der Waals surface area (Å²) in [5.74, 6) is -1.12. The lowest BCUT2D eigenvalue weighted by molar-refractivity contribution is -0.387. The fourth-order valence-electron chi connectivity index (χ4n) is 3.77. The number of nitrogens with zero attached hydrogens (tertiary/aromatic N) is 2. The van der Waals surface area contributed by atoms with Crippen LogP contribution in [0.25, 0.3) is 6.08 Å². The van der Waals surface area contributed by atoms with E-state index in [-0.39, 0.29) is 10.6 Å². The van der Waals surface area contributed by atoms with E-state index in [0.29, 0.717) is 27.9 Å². The Morgan fingerprint density at radius 2 is 1.68 bits per heavy atom. The van der Waals surface area contributed by atoms with Crippen molar-refractivity contribution in [3.8, 4) is 0 Å². The Hall–Kier alpha value is -3.89. The number of hydrogen-bond acceptors (Lipinski definition) is 7. The van der Waals surface area contributed by atoms with Crippen molar-refractivity contribution in [1.29, 1.82) is 0 Å². The molecule has 3 aromatic carbocycles. The van der Waals surface area contributed by atoms with Crippen molar-refractivity contribution in [3.05, 3.63) is 97.9 Å². The van der Waals surface area contributed by atoms with Gasteiger partial charge in [0.2, 0.25) is 5.91 Å². The molecule has 0 saturated carbocycles. The van der Waals surface area contributed by atoms with Gasteiger partial charge in [0, 0.05) is 16.6 Å². The maximum Gasteiger partial charge on any atom is 0.294 e. The standard InChI is InChI=1S/C27H23N3O5S2/c1-16-4-7-21(8-5-16)36-23-9-6-19(13-22(23)30(34)35)14-24-26(32)29(27(33)37-24)15-25(31)28-20-11-17(2)10-18(3)12-20/h4-14H,15H2,1-3H3,(H,28,31)/b24-14-. The molecule has 0 bridgehead atoms. The van der Waals surface area contributed by atoms with Crippen LogP contribution in [-0.2, 0) is 9.59 Å². The van der Waals surface area contributed by atoms with Crippen molar-refractivity contribution in [2.75, 3.05) is 11.9 Å². The first kappa shape index (κ1) is 26.2. The van der Waals surface area contributed by atoms with E-state index in [0.717, 1.165) is 26.5 Å². The third-order valence-corrected chi connectivity index (χ3v) is 7.39. The van der Waals surface area contributed by atoms with E-state index < -0.39 is 28.5 Å². The van der Waals surface area contributed by atoms with E-state index in [4.69, 9.17) is 0 Å². The lowest BCUT2D eigenvalue weighted by Crippen LogP contribution is -2.36. The Balaban J connectivity index is 1.49. The SMILES string of the molecule is Cc1ccc(Sc2ccc(/C=C3\SC(=O)N(CC(=O)Nc4cc(C)cc(C)c4)C3=O)cc2[N+](=O)[O-])cc1. The molecule has 3 amide bonds. The fourth-order valence-corrected chi connectivity index (χ4v) is 5.50. The average molecular weight is 534 g/mol. The second-order valence-electron chi connectivity index (χ2n) is 8.59. The van der Waals surface area contributed by atoms with E-state index in [1.807, 2.05) is 51.1 Å². The molecule has 37 heavy (non-hydrogen) atoms. The molecule has 1 N–H and O–H groups in total. The number of nitro benzene ring substituents is 1. The monoisotopic (exact) mass is 533 g/mol. The van der Waals surface area contributed by atoms with E-state index in [2.05, 4.69) is 5.32 Å². The molecule has 3 aromatic rings. The van der Waals surface area contributed by atoms with Crippen LogP contribution in [0, 0.1) is 30.9 Å². The molecule has 0 aliphatic carbocycles. The molecular formula is C27H23N3O5S2. The summed E-state index contributed by atoms with van der Waals surface area (Å²) in [6.07, 6.45) is 1.43. The highest BCUT2D eigenvalue weighted by atomic mass is 32.2. The summed E-state index contributed by atoms with van der Waals surface area (Å²) in [6.45, 7) is 5.34. The number of amides is 3. The smallest absolute Gasteiger partial charge is 0.294 e. The molecule has 188 valence electrons. The van der Waals surface area contributed by atoms with Crippen LogP contribution in [0.15, 0.2) is 75.4 Å². The lowest BCUT2D eigenvalue weighted by Gasteiger charge is -2.13. The number of carbonyl (C=O) groups excluding carboxylic acids is 3. The first-order chi connectivity index (χ1) is 17.6. The second-order valence-corrected chi connectivity index (χ2v) is 10.7. The number of benzene rings is 3. The molecule has 0 unspecified atom stereocenters. The number of rotatable bonds is 7. The zero-order valence-corrected chi connectivity index (χ0v) is 21.9. The Morgan fingerprint density at radius 1 is 1.00 bits per heavy atom. The number of nitro groups is 1. The highest BCUT2D eigenvalue weighted by Crippen LogP contribution is 2.37. The lowest BCUT2D eigenvalue weighted by atomic mass is 10.1. The molecule has 0 atom stereocenters. The van der Waals surface area contributed by atoms with Gasteiger partial charge in [-0.1, -0.05) is 41.6 Å². The third kappa shape index (κ3) is 6.46. The molecule has 0 spiro atoms. The predicted molar refractivity (Wildman–Crippen MR) is 146 cm³/mol. The molecule has 1 aliphatic rings. The molecule has 10 heteroatoms. The molecule has 8 nitrogen and oxygen atoms in total. The minimum Gasteiger partial charge on any atom is -0.325 e. The summed E-state index contributed by atoms with van der Waals surface area (Å²) in [5, 5.41) is 13.9. The molecular weight excluding hydrogens is 510 g/mol. The Morgan fingerprint density at radius 3 is 2.32 bits per heavy atom. The molecule has 1 aliphatic heterocycles. The molecule has 0 aromatic heterocycles. The Kier molecular flexibility index (Phi) is 7.80. The first-order valence-electron chi connectivity index (χ1n) is 11.3. The third-order valence-electron chi connectivity index (χ3n) is 5.41. The number of imide groups is 1. The van der Waals surface area contributed by atoms with Gasteiger partial charge < -0.3 is 5.32 Å². The summed E-state index contributed by atoms with van der Waals surface area (Å²) in [5.41, 5.74) is 3.92. The minimum atomic E-state index is -0.619. The van der Waals surface area contributed by atoms with Gasteiger partial charge in [-0.15, -0.1) is 0 Å². The number of anilines is 1. The zero-order valence-electron chi connectivity index (χ0n) is 20.3. The molecule has 1 saturated heterocycles. The van der Waals surface area contributed by atoms with Crippen LogP contribution in [-0.4, -0.2) is 33.4 Å². The van der Waals surface area contributed by atoms with Crippen molar-refractivity contribution >= 4 is 58.0 Å². The van der Waals surface area contributed by atoms with Crippen LogP contribution in [0.5, 0.6) is 0 Å². The van der Waals surface area contributed by atoms with Gasteiger partial charge in [0.15, 0.2) is 0 Å². The van der Waals surface area contributed by atoms with Crippen molar-refractivity contribution < 1.29 is 19.3 Å². The van der Waals surface area contributed by atoms with Crippen molar-refractivity contribution in [2.45, 2.75) is 30.6 Å². The quantitative estimate of drug-likeness (QED) is 0.214. The van der Waals surface area contributed by atoms with Crippen molar-refractivity contribution in [2.24, 2.45) is 0 Å². The minimum absolute atomic E-state index is 0.0948. The molecule has 1 heterocycles. The van der Waals surface area contributed by atoms with Crippen LogP contribution >= 0.6 is 23.5 Å². The van der Waals surface area contributed by atoms with E-state index in [1.54, 1.807) is 24.3 Å². The van der Waals surface area contributed by atoms with Crippen LogP contribution in [0.3, 0.4) is 0 Å². The number of carbonyl (C=O) groups is 3. The number of thioether (sulfide) groups is 1. The van der Waals surface area contributed by atoms with Crippen LogP contribution < -0.4 is 5.32 Å². The summed E-state index contributed by atoms with van der Waals surface area (Å²) in [4.78, 5) is 51.4. The van der Waals surface area contributed by atoms with Crippen LogP contribution in [0.2, 0.25) is 0 Å². The van der Waals surface area contributed by atoms with Gasteiger partial charge in [0.25, 0.3) is 16.8 Å². The van der Waals surface area contributed by atoms with Gasteiger partial charge in [0.1, 0.15) is 6.54 Å². The van der Waals surface area contributed by atoms with Gasteiger partial charge >= 0.3 is 0 Å². The zero-order chi connectivity index (χ0) is 26.7. The van der Waals surface area contributed by atoms with Crippen molar-refractivity contribution in [1.82, 2.24) is 4.90 Å². The first-order valence-corrected chi connectivity index (χ1v) is 12.9. The van der Waals surface area contributed by atoms with Gasteiger partial charge in [-0.2, -0.15) is 0 Å². The van der Waals surface area contributed by atoms with E-state index in [9.17, 15) is 24.5 Å². The summed E-state index contributed by atoms with van der Waals surface area (Å²) in [6, 6.07) is 17.9. The van der Waals surface area contributed by atoms with Gasteiger partial charge in [-0.25, -0.2) is 0 Å². The Bertz CT molecular complexity index is 1430. The molecule has 4 rings (SSSR count). The topological polar surface area (TPSA) is 110 Å². The largest absolute Gasteiger partial charge is 0.325 e. The molecule has 0 radical (unpaired) electrons. The summed E-state index contributed by atoms with van der Waals surface area (Å²) >= 11 is 1.97. The van der Waals surface area contributed by atoms with E-state index in [1.165, 1.54) is 23.9 Å². The van der Waals surface area contributed by atoms with Gasteiger partial charge in [-0.05, 0) is 85.6 Å². The molecule has 1 fully saturated rings. The van der Waals surface area contributed by atoms with Gasteiger partial charge in [0.05, 0.1) is 14.7 Å². The van der Waals surface area contributed by atoms with Crippen molar-refractivity contribution in [3.63, 3.8) is 0 Å². The maximum absolute atomic E-state index is 12.9.